The van der Waals surface area contributed by atoms with Crippen LogP contribution in [0.2, 0.25) is 0 Å². The molecule has 0 aliphatic carbocycles. The van der Waals surface area contributed by atoms with Crippen molar-refractivity contribution in [3.63, 3.8) is 0 Å². The third-order valence-electron chi connectivity index (χ3n) is 4.52. The first-order chi connectivity index (χ1) is 14.1. The number of nitrogens with zero attached hydrogens (tertiary/aromatic N) is 1. The second-order valence-electron chi connectivity index (χ2n) is 6.70. The molecule has 0 bridgehead atoms. The topological polar surface area (TPSA) is 72.6 Å². The summed E-state index contributed by atoms with van der Waals surface area (Å²) >= 11 is 0. The van der Waals surface area contributed by atoms with E-state index in [4.69, 9.17) is 10.5 Å². The van der Waals surface area contributed by atoms with Crippen molar-refractivity contribution < 1.29 is 14.3 Å². The summed E-state index contributed by atoms with van der Waals surface area (Å²) in [7, 11) is 0. The third-order valence-corrected chi connectivity index (χ3v) is 4.52. The monoisotopic (exact) mass is 388 g/mol. The van der Waals surface area contributed by atoms with Gasteiger partial charge in [-0.2, -0.15) is 0 Å². The second kappa shape index (κ2) is 10.1. The van der Waals surface area contributed by atoms with Gasteiger partial charge in [-0.25, -0.2) is 0 Å². The highest BCUT2D eigenvalue weighted by atomic mass is 16.5. The van der Waals surface area contributed by atoms with E-state index in [-0.39, 0.29) is 25.5 Å². The highest BCUT2D eigenvalue weighted by molar-refractivity contribution is 5.79. The molecular weight excluding hydrogens is 364 g/mol. The number of amides is 2. The fourth-order valence-electron chi connectivity index (χ4n) is 2.95. The van der Waals surface area contributed by atoms with Gasteiger partial charge in [0.2, 0.25) is 5.91 Å². The number of carbonyl (C=O) groups excluding carboxylic acids is 2. The molecule has 2 amide bonds. The minimum Gasteiger partial charge on any atom is -0.484 e. The fraction of sp³-hybridized carbons (Fsp3) is 0.167. The number of rotatable bonds is 9. The average Bonchev–Trinajstić information content (AvgIpc) is 2.76. The van der Waals surface area contributed by atoms with Crippen molar-refractivity contribution in [3.05, 3.63) is 90.5 Å². The first-order valence-corrected chi connectivity index (χ1v) is 9.50. The minimum atomic E-state index is -0.437. The Morgan fingerprint density at radius 2 is 1.38 bits per heavy atom. The lowest BCUT2D eigenvalue weighted by Gasteiger charge is -2.22. The number of ether oxygens (including phenoxy) is 1. The smallest absolute Gasteiger partial charge is 0.260 e. The van der Waals surface area contributed by atoms with Crippen molar-refractivity contribution in [1.29, 1.82) is 0 Å². The molecule has 0 saturated carbocycles. The summed E-state index contributed by atoms with van der Waals surface area (Å²) in [5.74, 6) is -0.0110. The van der Waals surface area contributed by atoms with Crippen molar-refractivity contribution in [3.8, 4) is 16.9 Å². The summed E-state index contributed by atoms with van der Waals surface area (Å²) in [6.45, 7) is 0.568. The van der Waals surface area contributed by atoms with Crippen LogP contribution in [0, 0.1) is 0 Å². The lowest BCUT2D eigenvalue weighted by atomic mass is 10.1. The summed E-state index contributed by atoms with van der Waals surface area (Å²) in [4.78, 5) is 25.4. The number of primary amides is 1. The van der Waals surface area contributed by atoms with Crippen molar-refractivity contribution in [2.45, 2.75) is 13.0 Å². The van der Waals surface area contributed by atoms with Crippen LogP contribution >= 0.6 is 0 Å². The molecule has 3 rings (SSSR count). The number of nitrogens with two attached hydrogens (primary N) is 1. The van der Waals surface area contributed by atoms with Gasteiger partial charge in [0.1, 0.15) is 5.75 Å². The summed E-state index contributed by atoms with van der Waals surface area (Å²) in [5.41, 5.74) is 8.44. The van der Waals surface area contributed by atoms with Crippen LogP contribution in [0.3, 0.4) is 0 Å². The van der Waals surface area contributed by atoms with Crippen LogP contribution in [-0.2, 0) is 16.1 Å². The van der Waals surface area contributed by atoms with E-state index in [0.717, 1.165) is 16.7 Å². The molecule has 0 atom stereocenters. The van der Waals surface area contributed by atoms with Crippen LogP contribution in [0.1, 0.15) is 12.0 Å². The van der Waals surface area contributed by atoms with E-state index in [1.165, 1.54) is 0 Å². The molecule has 0 heterocycles. The van der Waals surface area contributed by atoms with E-state index in [2.05, 4.69) is 0 Å². The van der Waals surface area contributed by atoms with E-state index >= 15 is 0 Å². The molecule has 3 aromatic carbocycles. The molecule has 0 aliphatic rings. The van der Waals surface area contributed by atoms with Gasteiger partial charge in [0.25, 0.3) is 5.91 Å². The molecule has 148 valence electrons. The number of benzene rings is 3. The highest BCUT2D eigenvalue weighted by Crippen LogP contribution is 2.22. The van der Waals surface area contributed by atoms with Crippen molar-refractivity contribution in [2.24, 2.45) is 5.73 Å². The molecule has 3 aromatic rings. The predicted molar refractivity (Wildman–Crippen MR) is 113 cm³/mol. The molecule has 0 spiro atoms. The Bertz CT molecular complexity index is 925. The van der Waals surface area contributed by atoms with Gasteiger partial charge in [-0.1, -0.05) is 72.8 Å². The van der Waals surface area contributed by atoms with E-state index in [1.54, 1.807) is 4.90 Å². The molecule has 29 heavy (non-hydrogen) atoms. The number of hydrogen-bond acceptors (Lipinski definition) is 3. The zero-order valence-electron chi connectivity index (χ0n) is 16.2. The van der Waals surface area contributed by atoms with Crippen LogP contribution < -0.4 is 10.5 Å². The molecule has 0 aliphatic heterocycles. The zero-order chi connectivity index (χ0) is 20.5. The lowest BCUT2D eigenvalue weighted by Crippen LogP contribution is -2.36. The van der Waals surface area contributed by atoms with Gasteiger partial charge in [-0.05, 0) is 28.8 Å². The van der Waals surface area contributed by atoms with Crippen LogP contribution in [0.5, 0.6) is 5.75 Å². The lowest BCUT2D eigenvalue weighted by molar-refractivity contribution is -0.134. The molecule has 0 aromatic heterocycles. The van der Waals surface area contributed by atoms with Gasteiger partial charge in [0.05, 0.1) is 0 Å². The Morgan fingerprint density at radius 3 is 2.00 bits per heavy atom. The maximum atomic E-state index is 12.7. The SMILES string of the molecule is NC(=O)CCN(Cc1ccccc1)C(=O)COc1ccc(-c2ccccc2)cc1. The van der Waals surface area contributed by atoms with Crippen LogP contribution in [0.15, 0.2) is 84.9 Å². The Hall–Kier alpha value is -3.60. The van der Waals surface area contributed by atoms with Gasteiger partial charge in [-0.15, -0.1) is 0 Å². The molecule has 0 unspecified atom stereocenters. The first kappa shape index (κ1) is 20.1. The van der Waals surface area contributed by atoms with E-state index < -0.39 is 5.91 Å². The van der Waals surface area contributed by atoms with Gasteiger partial charge in [-0.3, -0.25) is 9.59 Å². The number of hydrogen-bond donors (Lipinski definition) is 1. The molecular formula is C24H24N2O3. The molecule has 0 saturated heterocycles. The van der Waals surface area contributed by atoms with Gasteiger partial charge in [0, 0.05) is 19.5 Å². The average molecular weight is 388 g/mol. The van der Waals surface area contributed by atoms with Crippen LogP contribution in [-0.4, -0.2) is 29.9 Å². The summed E-state index contributed by atoms with van der Waals surface area (Å²) in [6.07, 6.45) is 0.115. The summed E-state index contributed by atoms with van der Waals surface area (Å²) in [5, 5.41) is 0. The maximum absolute atomic E-state index is 12.7. The molecule has 0 fully saturated rings. The number of carbonyl (C=O) groups is 2. The van der Waals surface area contributed by atoms with Crippen molar-refractivity contribution in [1.82, 2.24) is 4.90 Å². The molecule has 5 heteroatoms. The first-order valence-electron chi connectivity index (χ1n) is 9.50. The van der Waals surface area contributed by atoms with Gasteiger partial charge in [0.15, 0.2) is 6.61 Å². The van der Waals surface area contributed by atoms with Gasteiger partial charge < -0.3 is 15.4 Å². The van der Waals surface area contributed by atoms with E-state index in [9.17, 15) is 9.59 Å². The highest BCUT2D eigenvalue weighted by Gasteiger charge is 2.16. The Morgan fingerprint density at radius 1 is 0.793 bits per heavy atom. The minimum absolute atomic E-state index is 0.101. The zero-order valence-corrected chi connectivity index (χ0v) is 16.2. The van der Waals surface area contributed by atoms with Crippen molar-refractivity contribution in [2.75, 3.05) is 13.2 Å². The Kier molecular flexibility index (Phi) is 7.00. The quantitative estimate of drug-likeness (QED) is 0.608. The van der Waals surface area contributed by atoms with Crippen LogP contribution in [0.25, 0.3) is 11.1 Å². The van der Waals surface area contributed by atoms with E-state index in [1.807, 2.05) is 84.9 Å². The molecule has 0 radical (unpaired) electrons. The Balaban J connectivity index is 1.60. The summed E-state index contributed by atoms with van der Waals surface area (Å²) in [6, 6.07) is 27.3. The normalized spacial score (nSPS) is 10.3. The third kappa shape index (κ3) is 6.21. The predicted octanol–water partition coefficient (Wildman–Crippen LogP) is 3.64. The standard InChI is InChI=1S/C24H24N2O3/c25-23(27)15-16-26(17-19-7-3-1-4-8-19)24(28)18-29-22-13-11-21(12-14-22)20-9-5-2-6-10-20/h1-14H,15-18H2,(H2,25,27). The van der Waals surface area contributed by atoms with E-state index in [0.29, 0.717) is 12.3 Å². The fourth-order valence-corrected chi connectivity index (χ4v) is 2.95. The largest absolute Gasteiger partial charge is 0.484 e. The summed E-state index contributed by atoms with van der Waals surface area (Å²) < 4.78 is 5.68. The van der Waals surface area contributed by atoms with Gasteiger partial charge >= 0.3 is 0 Å². The molecule has 2 N–H and O–H groups in total. The van der Waals surface area contributed by atoms with Crippen LogP contribution in [0.4, 0.5) is 0 Å². The second-order valence-corrected chi connectivity index (χ2v) is 6.70. The Labute approximate surface area is 170 Å². The molecule has 5 nitrogen and oxygen atoms in total. The maximum Gasteiger partial charge on any atom is 0.260 e. The van der Waals surface area contributed by atoms with Crippen molar-refractivity contribution >= 4 is 11.8 Å².